The summed E-state index contributed by atoms with van der Waals surface area (Å²) in [6.07, 6.45) is -10.8. The number of aromatic nitrogens is 4. The lowest BCUT2D eigenvalue weighted by atomic mass is 9.87. The number of aromatic amines is 1. The molecule has 1 aromatic carbocycles. The van der Waals surface area contributed by atoms with E-state index < -0.39 is 52.9 Å². The smallest absolute Gasteiger partial charge is 0.427 e. The number of methoxy groups -OCH3 is 1. The second-order valence-electron chi connectivity index (χ2n) is 8.00. The quantitative estimate of drug-likeness (QED) is 0.519. The van der Waals surface area contributed by atoms with Crippen molar-refractivity contribution in [1.29, 1.82) is 0 Å². The van der Waals surface area contributed by atoms with Crippen LogP contribution in [0.3, 0.4) is 0 Å². The van der Waals surface area contributed by atoms with Gasteiger partial charge in [0.25, 0.3) is 11.1 Å². The van der Waals surface area contributed by atoms with Crippen LogP contribution in [0.4, 0.5) is 32.2 Å². The highest BCUT2D eigenvalue weighted by atomic mass is 19.4. The number of ether oxygens (including phenoxy) is 1. The monoisotopic (exact) mass is 516 g/mol. The van der Waals surface area contributed by atoms with E-state index in [1.807, 2.05) is 0 Å². The number of alkyl halides is 6. The molecule has 15 heteroatoms. The Morgan fingerprint density at radius 1 is 1.06 bits per heavy atom. The van der Waals surface area contributed by atoms with Gasteiger partial charge in [0.05, 0.1) is 19.3 Å². The standard InChI is InChI=1S/C21H18F6N6O3/c1-10-12(8-32(2)31-10)9-33-16-14(17(34)29-18(33)35)19(20(22,23)24,21(25,26)27)30-15(28-16)11-4-6-13(36-3)7-5-11/h4-8H,9H2,1-3H3,(H,28,30)(H,29,34,35). The van der Waals surface area contributed by atoms with E-state index in [2.05, 4.69) is 15.4 Å². The third-order valence-electron chi connectivity index (χ3n) is 5.71. The van der Waals surface area contributed by atoms with Crippen molar-refractivity contribution in [2.24, 2.45) is 12.0 Å². The van der Waals surface area contributed by atoms with Gasteiger partial charge in [0, 0.05) is 24.4 Å². The number of aryl methyl sites for hydroxylation is 2. The number of halogens is 6. The van der Waals surface area contributed by atoms with Gasteiger partial charge in [-0.1, -0.05) is 0 Å². The fourth-order valence-electron chi connectivity index (χ4n) is 3.98. The molecular weight excluding hydrogens is 498 g/mol. The number of benzene rings is 1. The van der Waals surface area contributed by atoms with E-state index >= 15 is 0 Å². The molecule has 0 spiro atoms. The van der Waals surface area contributed by atoms with Crippen LogP contribution in [0.1, 0.15) is 22.4 Å². The van der Waals surface area contributed by atoms with E-state index in [-0.39, 0.29) is 11.3 Å². The summed E-state index contributed by atoms with van der Waals surface area (Å²) in [5.41, 5.74) is -9.30. The van der Waals surface area contributed by atoms with Crippen LogP contribution in [0.2, 0.25) is 0 Å². The van der Waals surface area contributed by atoms with Crippen molar-refractivity contribution >= 4 is 11.7 Å². The number of aliphatic imine (C=N–C) groups is 1. The Morgan fingerprint density at radius 3 is 2.17 bits per heavy atom. The lowest BCUT2D eigenvalue weighted by Crippen LogP contribution is -2.59. The molecule has 1 aliphatic heterocycles. The van der Waals surface area contributed by atoms with Gasteiger partial charge in [0.2, 0.25) is 0 Å². The largest absolute Gasteiger partial charge is 0.497 e. The molecule has 4 rings (SSSR count). The number of anilines is 1. The molecule has 192 valence electrons. The van der Waals surface area contributed by atoms with Crippen LogP contribution in [0.5, 0.6) is 5.75 Å². The molecule has 0 radical (unpaired) electrons. The Bertz CT molecular complexity index is 1450. The van der Waals surface area contributed by atoms with Crippen LogP contribution in [-0.2, 0) is 19.1 Å². The maximum atomic E-state index is 14.4. The first-order valence-electron chi connectivity index (χ1n) is 10.2. The fourth-order valence-corrected chi connectivity index (χ4v) is 3.98. The molecule has 2 aromatic heterocycles. The molecule has 1 aliphatic rings. The Labute approximate surface area is 198 Å². The Balaban J connectivity index is 2.07. The van der Waals surface area contributed by atoms with Crippen LogP contribution in [0.25, 0.3) is 0 Å². The first-order chi connectivity index (χ1) is 16.7. The topological polar surface area (TPSA) is 106 Å². The maximum absolute atomic E-state index is 14.4. The van der Waals surface area contributed by atoms with Gasteiger partial charge in [0.1, 0.15) is 23.0 Å². The minimum absolute atomic E-state index is 0.170. The highest BCUT2D eigenvalue weighted by Crippen LogP contribution is 2.55. The summed E-state index contributed by atoms with van der Waals surface area (Å²) in [5.74, 6) is -1.54. The van der Waals surface area contributed by atoms with Crippen LogP contribution >= 0.6 is 0 Å². The van der Waals surface area contributed by atoms with Gasteiger partial charge < -0.3 is 10.1 Å². The first kappa shape index (κ1) is 25.1. The number of fused-ring (bicyclic) bond motifs is 1. The maximum Gasteiger partial charge on any atom is 0.427 e. The summed E-state index contributed by atoms with van der Waals surface area (Å²) in [6, 6.07) is 4.99. The van der Waals surface area contributed by atoms with Gasteiger partial charge in [-0.2, -0.15) is 31.4 Å². The average molecular weight is 516 g/mol. The van der Waals surface area contributed by atoms with Gasteiger partial charge in [-0.15, -0.1) is 0 Å². The number of amidine groups is 1. The van der Waals surface area contributed by atoms with Crippen molar-refractivity contribution in [3.8, 4) is 5.75 Å². The third-order valence-corrected chi connectivity index (χ3v) is 5.71. The lowest BCUT2D eigenvalue weighted by molar-refractivity contribution is -0.301. The minimum atomic E-state index is -6.10. The zero-order valence-electron chi connectivity index (χ0n) is 18.9. The molecule has 0 amide bonds. The van der Waals surface area contributed by atoms with Gasteiger partial charge in [-0.05, 0) is 31.2 Å². The predicted octanol–water partition coefficient (Wildman–Crippen LogP) is 2.83. The minimum Gasteiger partial charge on any atom is -0.497 e. The average Bonchev–Trinajstić information content (AvgIpc) is 3.10. The first-order valence-corrected chi connectivity index (χ1v) is 10.2. The summed E-state index contributed by atoms with van der Waals surface area (Å²) in [4.78, 5) is 29.9. The van der Waals surface area contributed by atoms with Gasteiger partial charge in [-0.25, -0.2) is 9.79 Å². The van der Waals surface area contributed by atoms with Gasteiger partial charge in [-0.3, -0.25) is 19.0 Å². The number of hydrogen-bond acceptors (Lipinski definition) is 6. The molecule has 0 saturated carbocycles. The summed E-state index contributed by atoms with van der Waals surface area (Å²) in [5, 5.41) is 6.44. The number of nitrogens with one attached hydrogen (secondary N) is 2. The zero-order valence-corrected chi connectivity index (χ0v) is 18.9. The second-order valence-corrected chi connectivity index (χ2v) is 8.00. The Kier molecular flexibility index (Phi) is 5.76. The number of nitrogens with zero attached hydrogens (tertiary/aromatic N) is 4. The Morgan fingerprint density at radius 2 is 1.67 bits per heavy atom. The molecule has 0 unspecified atom stereocenters. The normalized spacial score (nSPS) is 15.2. The van der Waals surface area contributed by atoms with Crippen molar-refractivity contribution < 1.29 is 31.1 Å². The molecule has 0 aliphatic carbocycles. The summed E-state index contributed by atoms with van der Waals surface area (Å²) in [7, 11) is 2.87. The highest BCUT2D eigenvalue weighted by molar-refractivity contribution is 6.09. The summed E-state index contributed by atoms with van der Waals surface area (Å²) in [6.45, 7) is 1.07. The van der Waals surface area contributed by atoms with E-state index in [1.54, 1.807) is 19.0 Å². The molecule has 3 aromatic rings. The molecular formula is C21H18F6N6O3. The van der Waals surface area contributed by atoms with Gasteiger partial charge in [0.15, 0.2) is 0 Å². The molecule has 0 bridgehead atoms. The number of hydrogen-bond donors (Lipinski definition) is 2. The molecule has 2 N–H and O–H groups in total. The number of H-pyrrole nitrogens is 1. The van der Waals surface area contributed by atoms with E-state index in [4.69, 9.17) is 4.74 Å². The van der Waals surface area contributed by atoms with Crippen molar-refractivity contribution in [2.75, 3.05) is 12.4 Å². The molecule has 3 heterocycles. The van der Waals surface area contributed by atoms with Crippen LogP contribution < -0.4 is 21.3 Å². The summed E-state index contributed by atoms with van der Waals surface area (Å²) < 4.78 is 93.1. The van der Waals surface area contributed by atoms with Crippen LogP contribution in [0, 0.1) is 6.92 Å². The van der Waals surface area contributed by atoms with E-state index in [0.29, 0.717) is 15.8 Å². The van der Waals surface area contributed by atoms with E-state index in [9.17, 15) is 35.9 Å². The molecule has 0 fully saturated rings. The molecule has 0 saturated heterocycles. The van der Waals surface area contributed by atoms with E-state index in [1.165, 1.54) is 42.3 Å². The molecule has 0 atom stereocenters. The van der Waals surface area contributed by atoms with Crippen LogP contribution in [-0.4, -0.2) is 44.6 Å². The van der Waals surface area contributed by atoms with Crippen molar-refractivity contribution in [2.45, 2.75) is 31.4 Å². The van der Waals surface area contributed by atoms with Crippen LogP contribution in [0.15, 0.2) is 45.0 Å². The SMILES string of the molecule is COc1ccc(C2=NC(C(F)(F)F)(C(F)(F)F)c3c(n(Cc4cn(C)nc4C)c(=O)[nH]c3=O)N2)cc1. The number of rotatable bonds is 4. The Hall–Kier alpha value is -4.04. The van der Waals surface area contributed by atoms with Crippen molar-refractivity contribution in [3.63, 3.8) is 0 Å². The van der Waals surface area contributed by atoms with Crippen molar-refractivity contribution in [1.82, 2.24) is 19.3 Å². The second kappa shape index (κ2) is 8.27. The van der Waals surface area contributed by atoms with Gasteiger partial charge >= 0.3 is 18.0 Å². The molecule has 36 heavy (non-hydrogen) atoms. The molecule has 9 nitrogen and oxygen atoms in total. The fraction of sp³-hybridized carbons (Fsp3) is 0.333. The van der Waals surface area contributed by atoms with E-state index in [0.717, 1.165) is 0 Å². The highest BCUT2D eigenvalue weighted by Gasteiger charge is 2.75. The predicted molar refractivity (Wildman–Crippen MR) is 115 cm³/mol. The lowest BCUT2D eigenvalue weighted by Gasteiger charge is -2.38. The zero-order chi connectivity index (χ0) is 26.6. The third kappa shape index (κ3) is 3.83. The summed E-state index contributed by atoms with van der Waals surface area (Å²) >= 11 is 0. The van der Waals surface area contributed by atoms with Crippen molar-refractivity contribution in [3.05, 3.63) is 73.7 Å².